The van der Waals surface area contributed by atoms with E-state index in [1.54, 1.807) is 24.8 Å². The molecule has 12 heterocycles. The van der Waals surface area contributed by atoms with Gasteiger partial charge in [0.05, 0.1) is 56.2 Å². The first kappa shape index (κ1) is 75.1. The van der Waals surface area contributed by atoms with E-state index >= 15 is 0 Å². The number of hydrogen-bond acceptors (Lipinski definition) is 12. The third-order valence-electron chi connectivity index (χ3n) is 19.2. The molecule has 0 aliphatic carbocycles. The summed E-state index contributed by atoms with van der Waals surface area (Å²) >= 11 is 0. The van der Waals surface area contributed by atoms with Crippen molar-refractivity contribution in [2.45, 2.75) is 41.5 Å². The molecule has 0 saturated carbocycles. The van der Waals surface area contributed by atoms with Crippen molar-refractivity contribution in [2.75, 3.05) is 0 Å². The van der Waals surface area contributed by atoms with E-state index < -0.39 is 0 Å². The zero-order chi connectivity index (χ0) is 78.8. The standard InChI is InChI=1S/C15H12N4.4C14H12N2.2C13H11N3/c1-11-17-14(12-5-3-2-4-6-12)19-15(18-11)13-7-9-16-10-8-13;1-16-13-10-6-5-9-12(13)15-14(16)11-7-3-2-4-8-11;1-11-14(12-7-3-2-4-8-12)15-13-9-5-6-10-16(11)13;1-11-14(12-7-3-2-4-8-12)16-10-6-5-9-13(16)15-11;1-11-15-13-9-5-6-10-14(13)16(11)12-7-3-2-4-8-12;1-10-12(11-6-3-2-4-7-11)15-13-14-8-5-9-16(10)13;1-10-12(11-6-3-2-4-7-11)16-9-5-8-14-13(16)15-10/h2-10H,1H3;4*2-10H,1H3;2*2-9H,1H3. The van der Waals surface area contributed by atoms with Crippen LogP contribution < -0.4 is 0 Å². The number of fused-ring (bicyclic) bond motifs is 6. The van der Waals surface area contributed by atoms with Crippen LogP contribution in [0, 0.1) is 41.5 Å². The molecule has 21 aromatic rings. The summed E-state index contributed by atoms with van der Waals surface area (Å²) in [5, 5.41) is 0. The number of hydrogen-bond donors (Lipinski definition) is 0. The van der Waals surface area contributed by atoms with Crippen molar-refractivity contribution in [2.24, 2.45) is 7.05 Å². The van der Waals surface area contributed by atoms with Gasteiger partial charge in [-0.1, -0.05) is 237 Å². The van der Waals surface area contributed by atoms with Crippen LogP contribution >= 0.6 is 0 Å². The van der Waals surface area contributed by atoms with E-state index in [4.69, 9.17) is 0 Å². The number of aryl methyl sites for hydroxylation is 7. The Kier molecular flexibility index (Phi) is 23.3. The van der Waals surface area contributed by atoms with Crippen molar-refractivity contribution in [3.8, 4) is 84.9 Å². The molecule has 0 aliphatic heterocycles. The van der Waals surface area contributed by atoms with Crippen LogP contribution in [0.3, 0.4) is 0 Å². The quantitative estimate of drug-likeness (QED) is 0.141. The molecule has 560 valence electrons. The van der Waals surface area contributed by atoms with Crippen LogP contribution in [0.2, 0.25) is 0 Å². The Balaban J connectivity index is 0.000000106. The minimum Gasteiger partial charge on any atom is -0.327 e. The second kappa shape index (κ2) is 35.6. The van der Waals surface area contributed by atoms with Crippen LogP contribution in [0.25, 0.3) is 130 Å². The van der Waals surface area contributed by atoms with Crippen molar-refractivity contribution in [1.29, 1.82) is 0 Å². The van der Waals surface area contributed by atoms with Gasteiger partial charge in [0.15, 0.2) is 11.6 Å². The highest BCUT2D eigenvalue weighted by Gasteiger charge is 2.16. The van der Waals surface area contributed by atoms with Gasteiger partial charge in [0, 0.05) is 113 Å². The maximum atomic E-state index is 4.65. The molecule has 0 aliphatic rings. The molecule has 0 fully saturated rings. The van der Waals surface area contributed by atoms with Gasteiger partial charge in [-0.15, -0.1) is 0 Å². The molecule has 18 nitrogen and oxygen atoms in total. The third-order valence-corrected chi connectivity index (χ3v) is 19.2. The van der Waals surface area contributed by atoms with Crippen LogP contribution in [0.1, 0.15) is 34.4 Å². The topological polar surface area (TPSA) is 182 Å². The van der Waals surface area contributed by atoms with Crippen LogP contribution in [-0.2, 0) is 7.05 Å². The summed E-state index contributed by atoms with van der Waals surface area (Å²) < 4.78 is 12.6. The van der Waals surface area contributed by atoms with Gasteiger partial charge in [-0.2, -0.15) is 0 Å². The Morgan fingerprint density at radius 2 is 0.678 bits per heavy atom. The summed E-state index contributed by atoms with van der Waals surface area (Å²) in [4.78, 5) is 53.1. The Morgan fingerprint density at radius 1 is 0.270 bits per heavy atom. The van der Waals surface area contributed by atoms with Crippen LogP contribution in [0.4, 0.5) is 0 Å². The molecule has 12 aromatic heterocycles. The highest BCUT2D eigenvalue weighted by atomic mass is 15.1. The fraction of sp³-hybridized carbons (Fsp3) is 0.0722. The first-order chi connectivity index (χ1) is 56.5. The molecule has 0 bridgehead atoms. The smallest absolute Gasteiger partial charge is 0.234 e. The molecule has 0 unspecified atom stereocenters. The van der Waals surface area contributed by atoms with Crippen LogP contribution in [0.5, 0.6) is 0 Å². The molecule has 0 atom stereocenters. The average molecular weight is 1500 g/mol. The maximum Gasteiger partial charge on any atom is 0.234 e. The minimum absolute atomic E-state index is 0.675. The van der Waals surface area contributed by atoms with Crippen LogP contribution in [-0.4, -0.2) is 86.5 Å². The third kappa shape index (κ3) is 17.3. The number of imidazole rings is 6. The lowest BCUT2D eigenvalue weighted by atomic mass is 10.1. The second-order valence-electron chi connectivity index (χ2n) is 26.9. The van der Waals surface area contributed by atoms with E-state index in [9.17, 15) is 0 Å². The van der Waals surface area contributed by atoms with E-state index in [0.29, 0.717) is 17.5 Å². The molecule has 0 spiro atoms. The fourth-order valence-electron chi connectivity index (χ4n) is 13.7. The van der Waals surface area contributed by atoms with Crippen molar-refractivity contribution >= 4 is 44.9 Å². The van der Waals surface area contributed by atoms with Crippen LogP contribution in [0.15, 0.2) is 371 Å². The summed E-state index contributed by atoms with van der Waals surface area (Å²) in [6, 6.07) is 108. The first-order valence-corrected chi connectivity index (χ1v) is 37.8. The monoisotopic (exact) mass is 1500 g/mol. The van der Waals surface area contributed by atoms with Crippen molar-refractivity contribution in [3.05, 3.63) is 406 Å². The highest BCUT2D eigenvalue weighted by molar-refractivity contribution is 5.81. The van der Waals surface area contributed by atoms with E-state index in [-0.39, 0.29) is 0 Å². The Labute approximate surface area is 666 Å². The lowest BCUT2D eigenvalue weighted by Gasteiger charge is -2.05. The number of para-hydroxylation sites is 5. The lowest BCUT2D eigenvalue weighted by molar-refractivity contribution is 0.959. The van der Waals surface area contributed by atoms with Gasteiger partial charge in [-0.25, -0.2) is 54.8 Å². The summed E-state index contributed by atoms with van der Waals surface area (Å²) in [7, 11) is 2.05. The van der Waals surface area contributed by atoms with Crippen molar-refractivity contribution < 1.29 is 0 Å². The molecule has 0 N–H and O–H groups in total. The number of rotatable bonds is 8. The Morgan fingerprint density at radius 3 is 1.23 bits per heavy atom. The number of pyridine rings is 3. The molecule has 115 heavy (non-hydrogen) atoms. The van der Waals surface area contributed by atoms with Gasteiger partial charge < -0.3 is 8.97 Å². The Bertz CT molecular complexity index is 6100. The van der Waals surface area contributed by atoms with E-state index in [2.05, 4.69) is 209 Å². The van der Waals surface area contributed by atoms with Gasteiger partial charge >= 0.3 is 0 Å². The molecular formula is C97H82N18. The minimum atomic E-state index is 0.675. The Hall–Kier alpha value is -15.3. The number of nitrogens with zero attached hydrogens (tertiary/aromatic N) is 18. The SMILES string of the molecule is Cc1c(-c2ccccc2)nc2ccccn12.Cc1c(-c2ccccc2)nc2ncccn12.Cc1nc(-c2ccccc2)nc(-c2ccncc2)n1.Cc1nc2ccccc2n1-c1ccccc1.Cc1nc2ccccn2c1-c1ccccc1.Cc1nc2ncccn2c1-c1ccccc1.Cn1c(-c2ccccc2)nc2ccccc21. The fourth-order valence-corrected chi connectivity index (χ4v) is 13.7. The first-order valence-electron chi connectivity index (χ1n) is 37.8. The molecule has 0 amide bonds. The predicted octanol–water partition coefficient (Wildman–Crippen LogP) is 21.5. The molecule has 0 saturated heterocycles. The average Bonchev–Trinajstić information content (AvgIpc) is 1.69. The molecular weight excluding hydrogens is 1420 g/mol. The van der Waals surface area contributed by atoms with E-state index in [1.165, 1.54) is 33.6 Å². The van der Waals surface area contributed by atoms with Gasteiger partial charge in [0.25, 0.3) is 0 Å². The normalized spacial score (nSPS) is 10.7. The van der Waals surface area contributed by atoms with Gasteiger partial charge in [0.1, 0.15) is 28.8 Å². The van der Waals surface area contributed by atoms with E-state index in [0.717, 1.165) is 113 Å². The zero-order valence-electron chi connectivity index (χ0n) is 64.8. The highest BCUT2D eigenvalue weighted by Crippen LogP contribution is 2.30. The maximum absolute atomic E-state index is 4.65. The summed E-state index contributed by atoms with van der Waals surface area (Å²) in [5.41, 5.74) is 24.1. The zero-order valence-corrected chi connectivity index (χ0v) is 64.8. The molecule has 0 radical (unpaired) electrons. The summed E-state index contributed by atoms with van der Waals surface area (Å²) in [6.07, 6.45) is 15.1. The lowest BCUT2D eigenvalue weighted by Crippen LogP contribution is -1.99. The predicted molar refractivity (Wildman–Crippen MR) is 462 cm³/mol. The molecule has 18 heteroatoms. The van der Waals surface area contributed by atoms with Crippen molar-refractivity contribution in [3.63, 3.8) is 0 Å². The summed E-state index contributed by atoms with van der Waals surface area (Å²) in [5.74, 6) is 5.61. The molecule has 9 aromatic carbocycles. The van der Waals surface area contributed by atoms with E-state index in [1.807, 2.05) is 273 Å². The number of benzene rings is 9. The van der Waals surface area contributed by atoms with Gasteiger partial charge in [-0.05, 0) is 126 Å². The van der Waals surface area contributed by atoms with Gasteiger partial charge in [-0.3, -0.25) is 22.8 Å². The second-order valence-corrected chi connectivity index (χ2v) is 26.9. The molecule has 21 rings (SSSR count). The van der Waals surface area contributed by atoms with Gasteiger partial charge in [0.2, 0.25) is 11.6 Å². The number of aromatic nitrogens is 18. The van der Waals surface area contributed by atoms with Crippen molar-refractivity contribution in [1.82, 2.24) is 86.5 Å². The summed E-state index contributed by atoms with van der Waals surface area (Å²) in [6.45, 7) is 12.1. The largest absolute Gasteiger partial charge is 0.327 e.